The van der Waals surface area contributed by atoms with Crippen LogP contribution in [0.5, 0.6) is 0 Å². The largest absolute Gasteiger partial charge is 0.300 e. The van der Waals surface area contributed by atoms with Gasteiger partial charge in [0.05, 0.1) is 0 Å². The lowest BCUT2D eigenvalue weighted by atomic mass is 9.99. The predicted octanol–water partition coefficient (Wildman–Crippen LogP) is 3.00. The van der Waals surface area contributed by atoms with Gasteiger partial charge in [0, 0.05) is 5.92 Å². The fourth-order valence-corrected chi connectivity index (χ4v) is 2.12. The third-order valence-electron chi connectivity index (χ3n) is 2.53. The van der Waals surface area contributed by atoms with E-state index in [-0.39, 0.29) is 11.8 Å². The number of carbonyl (C=O) groups is 1. The highest BCUT2D eigenvalue weighted by Gasteiger charge is 2.17. The van der Waals surface area contributed by atoms with Crippen LogP contribution in [0.3, 0.4) is 0 Å². The number of hydrogen-bond donors (Lipinski definition) is 1. The Balaban J connectivity index is 2.49. The average molecular weight is 241 g/mol. The SMILES string of the molecule is CCCCC(CC)C(=O)Nc1nnc(C)s1. The van der Waals surface area contributed by atoms with Crippen molar-refractivity contribution in [1.29, 1.82) is 0 Å². The molecule has 0 spiro atoms. The maximum absolute atomic E-state index is 11.9. The highest BCUT2D eigenvalue weighted by molar-refractivity contribution is 7.15. The molecule has 0 aliphatic rings. The van der Waals surface area contributed by atoms with Crippen LogP contribution in [-0.2, 0) is 4.79 Å². The Labute approximate surface area is 100 Å². The van der Waals surface area contributed by atoms with E-state index in [2.05, 4.69) is 22.4 Å². The average Bonchev–Trinajstić information content (AvgIpc) is 2.65. The van der Waals surface area contributed by atoms with Gasteiger partial charge in [-0.05, 0) is 19.8 Å². The number of anilines is 1. The van der Waals surface area contributed by atoms with Gasteiger partial charge >= 0.3 is 0 Å². The molecule has 5 heteroatoms. The third kappa shape index (κ3) is 3.89. The molecule has 90 valence electrons. The highest BCUT2D eigenvalue weighted by Crippen LogP contribution is 2.18. The maximum atomic E-state index is 11.9. The van der Waals surface area contributed by atoms with Crippen LogP contribution >= 0.6 is 11.3 Å². The fraction of sp³-hybridized carbons (Fsp3) is 0.727. The van der Waals surface area contributed by atoms with Crippen molar-refractivity contribution < 1.29 is 4.79 Å². The van der Waals surface area contributed by atoms with Crippen LogP contribution < -0.4 is 5.32 Å². The molecule has 1 unspecified atom stereocenters. The number of unbranched alkanes of at least 4 members (excludes halogenated alkanes) is 1. The minimum atomic E-state index is 0.0760. The van der Waals surface area contributed by atoms with Crippen molar-refractivity contribution in [1.82, 2.24) is 10.2 Å². The lowest BCUT2D eigenvalue weighted by molar-refractivity contribution is -0.120. The lowest BCUT2D eigenvalue weighted by Crippen LogP contribution is -2.22. The summed E-state index contributed by atoms with van der Waals surface area (Å²) in [4.78, 5) is 11.9. The molecule has 0 aromatic carbocycles. The van der Waals surface area contributed by atoms with E-state index in [1.54, 1.807) is 0 Å². The van der Waals surface area contributed by atoms with Gasteiger partial charge in [-0.25, -0.2) is 0 Å². The van der Waals surface area contributed by atoms with E-state index >= 15 is 0 Å². The molecule has 1 heterocycles. The zero-order chi connectivity index (χ0) is 12.0. The summed E-state index contributed by atoms with van der Waals surface area (Å²) in [5, 5.41) is 12.1. The zero-order valence-corrected chi connectivity index (χ0v) is 10.9. The topological polar surface area (TPSA) is 54.9 Å². The molecule has 0 fully saturated rings. The van der Waals surface area contributed by atoms with E-state index in [4.69, 9.17) is 0 Å². The first-order valence-electron chi connectivity index (χ1n) is 5.78. The van der Waals surface area contributed by atoms with Crippen molar-refractivity contribution in [2.24, 2.45) is 5.92 Å². The van der Waals surface area contributed by atoms with Crippen LogP contribution in [0.4, 0.5) is 5.13 Å². The highest BCUT2D eigenvalue weighted by atomic mass is 32.1. The molecule has 0 aliphatic heterocycles. The van der Waals surface area contributed by atoms with Gasteiger partial charge in [0.1, 0.15) is 5.01 Å². The van der Waals surface area contributed by atoms with Crippen LogP contribution in [0.1, 0.15) is 44.5 Å². The van der Waals surface area contributed by atoms with Gasteiger partial charge in [-0.15, -0.1) is 10.2 Å². The first-order chi connectivity index (χ1) is 7.67. The van der Waals surface area contributed by atoms with Crippen molar-refractivity contribution in [2.45, 2.75) is 46.5 Å². The maximum Gasteiger partial charge on any atom is 0.229 e. The van der Waals surface area contributed by atoms with Gasteiger partial charge in [0.25, 0.3) is 0 Å². The van der Waals surface area contributed by atoms with Crippen LogP contribution in [0, 0.1) is 12.8 Å². The number of rotatable bonds is 6. The monoisotopic (exact) mass is 241 g/mol. The Hall–Kier alpha value is -0.970. The molecule has 1 atom stereocenters. The van der Waals surface area contributed by atoms with Crippen LogP contribution in [0.2, 0.25) is 0 Å². The molecule has 16 heavy (non-hydrogen) atoms. The molecule has 0 saturated heterocycles. The van der Waals surface area contributed by atoms with Crippen molar-refractivity contribution in [3.8, 4) is 0 Å². The number of nitrogens with one attached hydrogen (secondary N) is 1. The summed E-state index contributed by atoms with van der Waals surface area (Å²) in [5.74, 6) is 0.177. The van der Waals surface area contributed by atoms with Gasteiger partial charge < -0.3 is 5.32 Å². The Kier molecular flexibility index (Phi) is 5.38. The van der Waals surface area contributed by atoms with E-state index in [1.807, 2.05) is 13.8 Å². The van der Waals surface area contributed by atoms with Crippen LogP contribution in [0.25, 0.3) is 0 Å². The summed E-state index contributed by atoms with van der Waals surface area (Å²) in [6.45, 7) is 6.06. The number of amides is 1. The summed E-state index contributed by atoms with van der Waals surface area (Å²) in [6, 6.07) is 0. The zero-order valence-electron chi connectivity index (χ0n) is 10.1. The quantitative estimate of drug-likeness (QED) is 0.833. The van der Waals surface area contributed by atoms with Gasteiger partial charge in [-0.3, -0.25) is 4.79 Å². The standard InChI is InChI=1S/C11H19N3OS/c1-4-6-7-9(5-2)10(15)12-11-14-13-8(3)16-11/h9H,4-7H2,1-3H3,(H,12,14,15). The Bertz CT molecular complexity index is 338. The number of aryl methyl sites for hydroxylation is 1. The van der Waals surface area contributed by atoms with Crippen molar-refractivity contribution in [3.63, 3.8) is 0 Å². The summed E-state index contributed by atoms with van der Waals surface area (Å²) >= 11 is 1.41. The summed E-state index contributed by atoms with van der Waals surface area (Å²) < 4.78 is 0. The van der Waals surface area contributed by atoms with Crippen molar-refractivity contribution >= 4 is 22.4 Å². The van der Waals surface area contributed by atoms with Gasteiger partial charge in [-0.1, -0.05) is 38.0 Å². The lowest BCUT2D eigenvalue weighted by Gasteiger charge is -2.12. The number of nitrogens with zero attached hydrogens (tertiary/aromatic N) is 2. The fourth-order valence-electron chi connectivity index (χ4n) is 1.53. The molecule has 1 aromatic heterocycles. The second kappa shape index (κ2) is 6.58. The van der Waals surface area contributed by atoms with E-state index in [0.717, 1.165) is 30.7 Å². The molecule has 0 bridgehead atoms. The minimum Gasteiger partial charge on any atom is -0.300 e. The van der Waals surface area contributed by atoms with Crippen molar-refractivity contribution in [2.75, 3.05) is 5.32 Å². The molecule has 1 aromatic rings. The van der Waals surface area contributed by atoms with Crippen LogP contribution in [-0.4, -0.2) is 16.1 Å². The van der Waals surface area contributed by atoms with Crippen LogP contribution in [0.15, 0.2) is 0 Å². The summed E-state index contributed by atoms with van der Waals surface area (Å²) in [7, 11) is 0. The molecule has 0 aliphatic carbocycles. The first kappa shape index (κ1) is 13.1. The molecule has 0 radical (unpaired) electrons. The van der Waals surface area contributed by atoms with E-state index in [9.17, 15) is 4.79 Å². The normalized spacial score (nSPS) is 12.4. The van der Waals surface area contributed by atoms with E-state index < -0.39 is 0 Å². The number of hydrogen-bond acceptors (Lipinski definition) is 4. The van der Waals surface area contributed by atoms with Gasteiger partial charge in [-0.2, -0.15) is 0 Å². The Morgan fingerprint density at radius 1 is 1.44 bits per heavy atom. The Morgan fingerprint density at radius 3 is 2.69 bits per heavy atom. The molecule has 1 amide bonds. The summed E-state index contributed by atoms with van der Waals surface area (Å²) in [5.41, 5.74) is 0. The second-order valence-corrected chi connectivity index (χ2v) is 5.04. The first-order valence-corrected chi connectivity index (χ1v) is 6.60. The minimum absolute atomic E-state index is 0.0760. The molecular weight excluding hydrogens is 222 g/mol. The van der Waals surface area contributed by atoms with E-state index in [0.29, 0.717) is 5.13 Å². The molecule has 4 nitrogen and oxygen atoms in total. The molecule has 1 N–H and O–H groups in total. The number of carbonyl (C=O) groups excluding carboxylic acids is 1. The molecule has 0 saturated carbocycles. The predicted molar refractivity (Wildman–Crippen MR) is 66.6 cm³/mol. The van der Waals surface area contributed by atoms with Gasteiger partial charge in [0.15, 0.2) is 0 Å². The molecule has 1 rings (SSSR count). The second-order valence-electron chi connectivity index (χ2n) is 3.86. The Morgan fingerprint density at radius 2 is 2.19 bits per heavy atom. The number of aromatic nitrogens is 2. The van der Waals surface area contributed by atoms with Gasteiger partial charge in [0.2, 0.25) is 11.0 Å². The summed E-state index contributed by atoms with van der Waals surface area (Å²) in [6.07, 6.45) is 4.06. The molecular formula is C11H19N3OS. The van der Waals surface area contributed by atoms with Crippen molar-refractivity contribution in [3.05, 3.63) is 5.01 Å². The third-order valence-corrected chi connectivity index (χ3v) is 3.28. The smallest absolute Gasteiger partial charge is 0.229 e. The van der Waals surface area contributed by atoms with E-state index in [1.165, 1.54) is 11.3 Å².